The maximum atomic E-state index is 12.9. The summed E-state index contributed by atoms with van der Waals surface area (Å²) in [4.78, 5) is 12.9. The molecule has 0 saturated carbocycles. The van der Waals surface area contributed by atoms with E-state index in [1.165, 1.54) is 0 Å². The van der Waals surface area contributed by atoms with Gasteiger partial charge in [-0.2, -0.15) is 0 Å². The van der Waals surface area contributed by atoms with Crippen LogP contribution in [-0.2, 0) is 11.2 Å². The van der Waals surface area contributed by atoms with Crippen LogP contribution in [0.4, 0.5) is 0 Å². The number of hydrogen-bond donors (Lipinski definition) is 1. The lowest BCUT2D eigenvalue weighted by atomic mass is 10.0. The van der Waals surface area contributed by atoms with E-state index in [-0.39, 0.29) is 5.91 Å². The molecule has 0 radical (unpaired) electrons. The zero-order valence-electron chi connectivity index (χ0n) is 14.7. The van der Waals surface area contributed by atoms with Crippen LogP contribution in [0.15, 0.2) is 78.9 Å². The highest BCUT2D eigenvalue weighted by Crippen LogP contribution is 2.23. The van der Waals surface area contributed by atoms with Crippen LogP contribution in [0.2, 0.25) is 10.0 Å². The highest BCUT2D eigenvalue weighted by atomic mass is 35.5. The summed E-state index contributed by atoms with van der Waals surface area (Å²) in [5.74, 6) is -0.130. The lowest BCUT2D eigenvalue weighted by molar-refractivity contribution is -0.115. The van der Waals surface area contributed by atoms with E-state index in [0.717, 1.165) is 23.1 Å². The molecule has 4 heteroatoms. The van der Waals surface area contributed by atoms with Crippen LogP contribution in [0.25, 0.3) is 11.6 Å². The van der Waals surface area contributed by atoms with Gasteiger partial charge in [0.1, 0.15) is 0 Å². The first-order valence-electron chi connectivity index (χ1n) is 8.68. The molecule has 0 aliphatic carbocycles. The number of carbonyl (C=O) groups is 1. The van der Waals surface area contributed by atoms with Crippen molar-refractivity contribution in [3.8, 4) is 0 Å². The van der Waals surface area contributed by atoms with Crippen molar-refractivity contribution in [2.24, 2.45) is 0 Å². The third-order valence-corrected chi connectivity index (χ3v) is 4.74. The van der Waals surface area contributed by atoms with Crippen LogP contribution in [0, 0.1) is 0 Å². The Morgan fingerprint density at radius 1 is 0.852 bits per heavy atom. The van der Waals surface area contributed by atoms with Crippen LogP contribution < -0.4 is 5.32 Å². The summed E-state index contributed by atoms with van der Waals surface area (Å²) >= 11 is 12.2. The van der Waals surface area contributed by atoms with E-state index in [1.54, 1.807) is 0 Å². The predicted molar refractivity (Wildman–Crippen MR) is 114 cm³/mol. The van der Waals surface area contributed by atoms with Gasteiger partial charge >= 0.3 is 0 Å². The summed E-state index contributed by atoms with van der Waals surface area (Å²) in [6.45, 7) is 0.535. The maximum Gasteiger partial charge on any atom is 0.251 e. The van der Waals surface area contributed by atoms with E-state index < -0.39 is 0 Å². The molecule has 136 valence electrons. The van der Waals surface area contributed by atoms with Crippen LogP contribution >= 0.6 is 23.2 Å². The number of amides is 1. The summed E-state index contributed by atoms with van der Waals surface area (Å²) in [6.07, 6.45) is 2.56. The molecule has 0 bridgehead atoms. The topological polar surface area (TPSA) is 29.1 Å². The summed E-state index contributed by atoms with van der Waals surface area (Å²) in [5.41, 5.74) is 3.36. The molecule has 3 aromatic carbocycles. The molecule has 3 aromatic rings. The summed E-state index contributed by atoms with van der Waals surface area (Å²) in [6, 6.07) is 24.7. The quantitative estimate of drug-likeness (QED) is 0.408. The first-order chi connectivity index (χ1) is 13.1. The van der Waals surface area contributed by atoms with Gasteiger partial charge < -0.3 is 5.32 Å². The average Bonchev–Trinajstić information content (AvgIpc) is 2.69. The van der Waals surface area contributed by atoms with Gasteiger partial charge in [-0.05, 0) is 47.4 Å². The second kappa shape index (κ2) is 9.40. The van der Waals surface area contributed by atoms with Crippen molar-refractivity contribution in [2.45, 2.75) is 6.42 Å². The van der Waals surface area contributed by atoms with Gasteiger partial charge in [0.25, 0.3) is 5.91 Å². The number of nitrogens with one attached hydrogen (secondary N) is 1. The molecule has 0 aliphatic heterocycles. The Bertz CT molecular complexity index is 934. The smallest absolute Gasteiger partial charge is 0.251 e. The van der Waals surface area contributed by atoms with Gasteiger partial charge in [-0.15, -0.1) is 0 Å². The molecule has 2 nitrogen and oxygen atoms in total. The molecule has 0 aliphatic rings. The molecule has 0 spiro atoms. The third kappa shape index (κ3) is 5.46. The fourth-order valence-electron chi connectivity index (χ4n) is 2.71. The minimum absolute atomic E-state index is 0.130. The number of carbonyl (C=O) groups excluding carboxylic acids is 1. The molecule has 1 N–H and O–H groups in total. The molecule has 0 aromatic heterocycles. The normalized spacial score (nSPS) is 11.3. The van der Waals surface area contributed by atoms with E-state index in [1.807, 2.05) is 84.9 Å². The highest BCUT2D eigenvalue weighted by molar-refractivity contribution is 6.33. The van der Waals surface area contributed by atoms with Crippen molar-refractivity contribution >= 4 is 40.8 Å². The van der Waals surface area contributed by atoms with Crippen LogP contribution in [0.5, 0.6) is 0 Å². The van der Waals surface area contributed by atoms with Crippen molar-refractivity contribution in [2.75, 3.05) is 6.54 Å². The van der Waals surface area contributed by atoms with E-state index >= 15 is 0 Å². The zero-order chi connectivity index (χ0) is 19.1. The van der Waals surface area contributed by atoms with Crippen molar-refractivity contribution in [3.05, 3.63) is 106 Å². The monoisotopic (exact) mass is 395 g/mol. The molecule has 0 atom stereocenters. The average molecular weight is 396 g/mol. The fourth-order valence-corrected chi connectivity index (χ4v) is 3.03. The highest BCUT2D eigenvalue weighted by Gasteiger charge is 2.12. The molecule has 0 fully saturated rings. The van der Waals surface area contributed by atoms with Crippen LogP contribution in [0.1, 0.15) is 16.7 Å². The van der Waals surface area contributed by atoms with Crippen molar-refractivity contribution in [1.29, 1.82) is 0 Å². The molecule has 3 rings (SSSR count). The first-order valence-corrected chi connectivity index (χ1v) is 9.43. The summed E-state index contributed by atoms with van der Waals surface area (Å²) in [7, 11) is 0. The molecule has 0 saturated heterocycles. The SMILES string of the molecule is O=C(NCCc1ccc(Cl)cc1)/C(=C/c1ccccc1Cl)c1ccccc1. The summed E-state index contributed by atoms with van der Waals surface area (Å²) < 4.78 is 0. The van der Waals surface area contributed by atoms with E-state index in [0.29, 0.717) is 22.2 Å². The maximum absolute atomic E-state index is 12.9. The minimum Gasteiger partial charge on any atom is -0.352 e. The Morgan fingerprint density at radius 3 is 2.22 bits per heavy atom. The Labute approximate surface area is 169 Å². The largest absolute Gasteiger partial charge is 0.352 e. The van der Waals surface area contributed by atoms with Gasteiger partial charge in [0.2, 0.25) is 0 Å². The van der Waals surface area contributed by atoms with E-state index in [2.05, 4.69) is 5.32 Å². The van der Waals surface area contributed by atoms with Crippen molar-refractivity contribution < 1.29 is 4.79 Å². The second-order valence-electron chi connectivity index (χ2n) is 6.08. The number of rotatable bonds is 6. The van der Waals surface area contributed by atoms with E-state index in [9.17, 15) is 4.79 Å². The zero-order valence-corrected chi connectivity index (χ0v) is 16.2. The van der Waals surface area contributed by atoms with Gasteiger partial charge in [0.15, 0.2) is 0 Å². The van der Waals surface area contributed by atoms with Gasteiger partial charge in [-0.25, -0.2) is 0 Å². The molecule has 27 heavy (non-hydrogen) atoms. The fraction of sp³-hybridized carbons (Fsp3) is 0.0870. The second-order valence-corrected chi connectivity index (χ2v) is 6.92. The molecule has 1 amide bonds. The standard InChI is InChI=1S/C23H19Cl2NO/c24-20-12-10-17(11-13-20)14-15-26-23(27)21(18-6-2-1-3-7-18)16-19-8-4-5-9-22(19)25/h1-13,16H,14-15H2,(H,26,27)/b21-16+. The van der Waals surface area contributed by atoms with Gasteiger partial charge in [-0.3, -0.25) is 4.79 Å². The van der Waals surface area contributed by atoms with Crippen LogP contribution in [-0.4, -0.2) is 12.5 Å². The van der Waals surface area contributed by atoms with Crippen molar-refractivity contribution in [3.63, 3.8) is 0 Å². The lowest BCUT2D eigenvalue weighted by Gasteiger charge is -2.10. The van der Waals surface area contributed by atoms with Gasteiger partial charge in [-0.1, -0.05) is 83.9 Å². The molecular weight excluding hydrogens is 377 g/mol. The number of halogens is 2. The lowest BCUT2D eigenvalue weighted by Crippen LogP contribution is -2.26. The molecule has 0 heterocycles. The van der Waals surface area contributed by atoms with Gasteiger partial charge in [0.05, 0.1) is 0 Å². The Kier molecular flexibility index (Phi) is 6.69. The third-order valence-electron chi connectivity index (χ3n) is 4.15. The van der Waals surface area contributed by atoms with Gasteiger partial charge in [0, 0.05) is 22.2 Å². The number of benzene rings is 3. The molecular formula is C23H19Cl2NO. The summed E-state index contributed by atoms with van der Waals surface area (Å²) in [5, 5.41) is 4.32. The first kappa shape index (κ1) is 19.2. The van der Waals surface area contributed by atoms with Crippen molar-refractivity contribution in [1.82, 2.24) is 5.32 Å². The molecule has 0 unspecified atom stereocenters. The predicted octanol–water partition coefficient (Wildman–Crippen LogP) is 5.89. The van der Waals surface area contributed by atoms with Crippen LogP contribution in [0.3, 0.4) is 0 Å². The Hall–Kier alpha value is -2.55. The van der Waals surface area contributed by atoms with E-state index in [4.69, 9.17) is 23.2 Å². The Balaban J connectivity index is 1.77. The Morgan fingerprint density at radius 2 is 1.52 bits per heavy atom. The minimum atomic E-state index is -0.130. The number of hydrogen-bond acceptors (Lipinski definition) is 1.